The fourth-order valence-electron chi connectivity index (χ4n) is 4.20. The number of nitrogens with zero attached hydrogens (tertiary/aromatic N) is 2. The lowest BCUT2D eigenvalue weighted by atomic mass is 10.1. The molecule has 1 unspecified atom stereocenters. The number of aliphatic hydroxyl groups excluding tert-OH is 1. The molecule has 0 bridgehead atoms. The molecule has 0 fully saturated rings. The number of hydrogen-bond donors (Lipinski definition) is 2. The summed E-state index contributed by atoms with van der Waals surface area (Å²) in [6.07, 6.45) is 0.858. The third-order valence-corrected chi connectivity index (χ3v) is 6.73. The van der Waals surface area contributed by atoms with Crippen LogP contribution >= 0.6 is 11.3 Å². The Balaban J connectivity index is 1.54. The second-order valence-corrected chi connectivity index (χ2v) is 9.36. The third kappa shape index (κ3) is 6.55. The van der Waals surface area contributed by atoms with Gasteiger partial charge in [-0.1, -0.05) is 42.5 Å². The van der Waals surface area contributed by atoms with Crippen molar-refractivity contribution in [1.82, 2.24) is 14.9 Å². The SMILES string of the molecule is COCCCN(Cc1nc2scc(-c3cccc(OC)c3)c2c(=O)[nH]1)CC(O)Cc1ccccc1. The molecule has 0 saturated carbocycles. The Labute approximate surface area is 209 Å². The molecule has 35 heavy (non-hydrogen) atoms. The van der Waals surface area contributed by atoms with Gasteiger partial charge in [-0.05, 0) is 36.1 Å². The Morgan fingerprint density at radius 1 is 1.14 bits per heavy atom. The predicted molar refractivity (Wildman–Crippen MR) is 140 cm³/mol. The molecule has 0 aliphatic rings. The number of methoxy groups -OCH3 is 2. The summed E-state index contributed by atoms with van der Waals surface area (Å²) in [6.45, 7) is 2.26. The molecule has 4 rings (SSSR count). The van der Waals surface area contributed by atoms with Gasteiger partial charge < -0.3 is 19.6 Å². The van der Waals surface area contributed by atoms with Crippen LogP contribution in [0.5, 0.6) is 5.75 Å². The van der Waals surface area contributed by atoms with E-state index >= 15 is 0 Å². The molecule has 184 valence electrons. The van der Waals surface area contributed by atoms with Gasteiger partial charge in [0.25, 0.3) is 5.56 Å². The summed E-state index contributed by atoms with van der Waals surface area (Å²) >= 11 is 1.45. The van der Waals surface area contributed by atoms with Crippen LogP contribution < -0.4 is 10.3 Å². The number of rotatable bonds is 12. The van der Waals surface area contributed by atoms with Crippen LogP contribution in [0, 0.1) is 0 Å². The predicted octanol–water partition coefficient (Wildman–Crippen LogP) is 4.10. The van der Waals surface area contributed by atoms with Crippen molar-refractivity contribution in [3.05, 3.63) is 81.7 Å². The van der Waals surface area contributed by atoms with Gasteiger partial charge in [-0.15, -0.1) is 11.3 Å². The second-order valence-electron chi connectivity index (χ2n) is 8.50. The number of fused-ring (bicyclic) bond motifs is 1. The summed E-state index contributed by atoms with van der Waals surface area (Å²) in [5, 5.41) is 13.3. The first kappa shape index (κ1) is 25.1. The maximum atomic E-state index is 13.1. The zero-order chi connectivity index (χ0) is 24.6. The van der Waals surface area contributed by atoms with Gasteiger partial charge in [-0.2, -0.15) is 0 Å². The highest BCUT2D eigenvalue weighted by Gasteiger charge is 2.17. The molecule has 2 N–H and O–H groups in total. The normalized spacial score (nSPS) is 12.3. The van der Waals surface area contributed by atoms with E-state index in [0.29, 0.717) is 42.2 Å². The number of thiophene rings is 1. The fraction of sp³-hybridized carbons (Fsp3) is 0.333. The molecule has 1 atom stereocenters. The fourth-order valence-corrected chi connectivity index (χ4v) is 5.17. The van der Waals surface area contributed by atoms with Crippen LogP contribution in [-0.4, -0.2) is 60.0 Å². The minimum absolute atomic E-state index is 0.161. The molecule has 4 aromatic rings. The van der Waals surface area contributed by atoms with Gasteiger partial charge in [-0.25, -0.2) is 4.98 Å². The van der Waals surface area contributed by atoms with E-state index in [1.807, 2.05) is 60.0 Å². The average Bonchev–Trinajstić information content (AvgIpc) is 3.29. The first-order valence-corrected chi connectivity index (χ1v) is 12.5. The molecule has 0 amide bonds. The summed E-state index contributed by atoms with van der Waals surface area (Å²) in [5.41, 5.74) is 2.69. The van der Waals surface area contributed by atoms with E-state index in [1.54, 1.807) is 14.2 Å². The zero-order valence-corrected chi connectivity index (χ0v) is 20.9. The lowest BCUT2D eigenvalue weighted by Crippen LogP contribution is -2.35. The highest BCUT2D eigenvalue weighted by Crippen LogP contribution is 2.32. The quantitative estimate of drug-likeness (QED) is 0.289. The molecule has 0 aliphatic heterocycles. The van der Waals surface area contributed by atoms with Gasteiger partial charge in [0.2, 0.25) is 0 Å². The van der Waals surface area contributed by atoms with E-state index in [9.17, 15) is 9.90 Å². The van der Waals surface area contributed by atoms with Gasteiger partial charge in [0.05, 0.1) is 25.1 Å². The number of H-pyrrole nitrogens is 1. The largest absolute Gasteiger partial charge is 0.497 e. The first-order chi connectivity index (χ1) is 17.1. The molecule has 0 spiro atoms. The Bertz CT molecular complexity index is 1290. The van der Waals surface area contributed by atoms with Gasteiger partial charge in [0.1, 0.15) is 16.4 Å². The topological polar surface area (TPSA) is 87.7 Å². The van der Waals surface area contributed by atoms with E-state index in [0.717, 1.165) is 35.4 Å². The van der Waals surface area contributed by atoms with Crippen molar-refractivity contribution in [2.24, 2.45) is 0 Å². The van der Waals surface area contributed by atoms with Crippen LogP contribution in [0.15, 0.2) is 64.8 Å². The van der Waals surface area contributed by atoms with Crippen LogP contribution in [0.4, 0.5) is 0 Å². The number of hydrogen-bond acceptors (Lipinski definition) is 7. The number of benzene rings is 2. The maximum absolute atomic E-state index is 13.1. The Kier molecular flexibility index (Phi) is 8.65. The maximum Gasteiger partial charge on any atom is 0.260 e. The van der Waals surface area contributed by atoms with Gasteiger partial charge in [0, 0.05) is 37.7 Å². The van der Waals surface area contributed by atoms with E-state index in [4.69, 9.17) is 14.5 Å². The number of aliphatic hydroxyl groups is 1. The average molecular weight is 494 g/mol. The van der Waals surface area contributed by atoms with Crippen molar-refractivity contribution in [1.29, 1.82) is 0 Å². The summed E-state index contributed by atoms with van der Waals surface area (Å²) in [5.74, 6) is 1.33. The number of aromatic nitrogens is 2. The van der Waals surface area contributed by atoms with Crippen LogP contribution in [0.3, 0.4) is 0 Å². The number of aromatic amines is 1. The molecule has 8 heteroatoms. The van der Waals surface area contributed by atoms with E-state index in [2.05, 4.69) is 9.88 Å². The highest BCUT2D eigenvalue weighted by molar-refractivity contribution is 7.17. The second kappa shape index (κ2) is 12.1. The van der Waals surface area contributed by atoms with Gasteiger partial charge >= 0.3 is 0 Å². The molecule has 2 aromatic carbocycles. The number of nitrogens with one attached hydrogen (secondary N) is 1. The van der Waals surface area contributed by atoms with Crippen molar-refractivity contribution in [3.63, 3.8) is 0 Å². The molecule has 7 nitrogen and oxygen atoms in total. The molecule has 2 heterocycles. The summed E-state index contributed by atoms with van der Waals surface area (Å²) in [7, 11) is 3.30. The van der Waals surface area contributed by atoms with Crippen molar-refractivity contribution >= 4 is 21.6 Å². The highest BCUT2D eigenvalue weighted by atomic mass is 32.1. The lowest BCUT2D eigenvalue weighted by molar-refractivity contribution is 0.0980. The van der Waals surface area contributed by atoms with Crippen LogP contribution in [0.2, 0.25) is 0 Å². The van der Waals surface area contributed by atoms with Crippen molar-refractivity contribution in [2.45, 2.75) is 25.5 Å². The summed E-state index contributed by atoms with van der Waals surface area (Å²) in [6, 6.07) is 17.6. The standard InChI is InChI=1S/C27H31N3O4S/c1-33-13-7-12-30(16-21(31)14-19-8-4-3-5-9-19)17-24-28-26(32)25-23(18-35-27(25)29-24)20-10-6-11-22(15-20)34-2/h3-6,8-11,15,18,21,31H,7,12-14,16-17H2,1-2H3,(H,28,29,32). The molecular weight excluding hydrogens is 462 g/mol. The third-order valence-electron chi connectivity index (χ3n) is 5.85. The lowest BCUT2D eigenvalue weighted by Gasteiger charge is -2.24. The summed E-state index contributed by atoms with van der Waals surface area (Å²) < 4.78 is 10.5. The smallest absolute Gasteiger partial charge is 0.260 e. The molecule has 0 aliphatic carbocycles. The van der Waals surface area contributed by atoms with Crippen molar-refractivity contribution < 1.29 is 14.6 Å². The minimum Gasteiger partial charge on any atom is -0.497 e. The van der Waals surface area contributed by atoms with E-state index < -0.39 is 6.10 Å². The molecule has 0 radical (unpaired) electrons. The summed E-state index contributed by atoms with van der Waals surface area (Å²) in [4.78, 5) is 23.7. The van der Waals surface area contributed by atoms with Crippen molar-refractivity contribution in [3.8, 4) is 16.9 Å². The monoisotopic (exact) mass is 493 g/mol. The number of ether oxygens (including phenoxy) is 2. The zero-order valence-electron chi connectivity index (χ0n) is 20.1. The van der Waals surface area contributed by atoms with Gasteiger partial charge in [0.15, 0.2) is 0 Å². The Morgan fingerprint density at radius 3 is 2.74 bits per heavy atom. The van der Waals surface area contributed by atoms with Crippen molar-refractivity contribution in [2.75, 3.05) is 33.9 Å². The Morgan fingerprint density at radius 2 is 1.97 bits per heavy atom. The Hall–Kier alpha value is -3.04. The first-order valence-electron chi connectivity index (χ1n) is 11.7. The minimum atomic E-state index is -0.531. The van der Waals surface area contributed by atoms with E-state index in [-0.39, 0.29) is 5.56 Å². The van der Waals surface area contributed by atoms with Crippen LogP contribution in [0.25, 0.3) is 21.3 Å². The van der Waals surface area contributed by atoms with Crippen LogP contribution in [-0.2, 0) is 17.7 Å². The molecule has 0 saturated heterocycles. The van der Waals surface area contributed by atoms with Gasteiger partial charge in [-0.3, -0.25) is 9.69 Å². The van der Waals surface area contributed by atoms with Crippen LogP contribution in [0.1, 0.15) is 17.8 Å². The molecule has 2 aromatic heterocycles. The molecular formula is C27H31N3O4S. The van der Waals surface area contributed by atoms with E-state index in [1.165, 1.54) is 11.3 Å².